The smallest absolute Gasteiger partial charge is 0.339 e. The van der Waals surface area contributed by atoms with E-state index in [1.165, 1.54) is 77.7 Å². The number of carbonyl (C=O) groups excluding carboxylic acids is 1. The number of hydrogen-bond donors (Lipinski definition) is 1. The number of unbranched alkanes of at least 4 members (excludes halogenated alkanes) is 13. The van der Waals surface area contributed by atoms with Gasteiger partial charge in [-0.3, -0.25) is 4.72 Å². The maximum Gasteiger partial charge on any atom is 0.339 e. The van der Waals surface area contributed by atoms with E-state index in [4.69, 9.17) is 4.74 Å². The number of esters is 1. The van der Waals surface area contributed by atoms with E-state index in [1.54, 1.807) is 24.3 Å². The first-order chi connectivity index (χ1) is 14.5. The zero-order valence-electron chi connectivity index (χ0n) is 19.0. The Bertz CT molecular complexity index is 688. The molecular formula is C24H41NO4S. The van der Waals surface area contributed by atoms with Gasteiger partial charge < -0.3 is 4.74 Å². The minimum atomic E-state index is -3.47. The molecule has 0 amide bonds. The molecule has 1 aromatic carbocycles. The third-order valence-electron chi connectivity index (χ3n) is 5.36. The Morgan fingerprint density at radius 1 is 0.800 bits per heavy atom. The first-order valence-corrected chi connectivity index (χ1v) is 13.3. The molecule has 1 N–H and O–H groups in total. The fraction of sp³-hybridized carbons (Fsp3) is 0.708. The SMILES string of the molecule is CCCCCCCCCCCCCCCCS(=O)(=O)Nc1ccccc1C(=O)OC. The van der Waals surface area contributed by atoms with Crippen LogP contribution in [0.25, 0.3) is 0 Å². The van der Waals surface area contributed by atoms with Gasteiger partial charge in [-0.25, -0.2) is 13.2 Å². The lowest BCUT2D eigenvalue weighted by atomic mass is 10.0. The molecule has 5 nitrogen and oxygen atoms in total. The number of methoxy groups -OCH3 is 1. The van der Waals surface area contributed by atoms with E-state index in [1.807, 2.05) is 0 Å². The molecule has 0 aliphatic heterocycles. The van der Waals surface area contributed by atoms with Crippen molar-refractivity contribution in [2.45, 2.75) is 96.8 Å². The fourth-order valence-corrected chi connectivity index (χ4v) is 4.76. The Hall–Kier alpha value is -1.56. The van der Waals surface area contributed by atoms with Crippen molar-refractivity contribution >= 4 is 21.7 Å². The minimum absolute atomic E-state index is 0.0700. The van der Waals surface area contributed by atoms with Crippen LogP contribution in [0.3, 0.4) is 0 Å². The highest BCUT2D eigenvalue weighted by Gasteiger charge is 2.16. The zero-order chi connectivity index (χ0) is 22.1. The van der Waals surface area contributed by atoms with Gasteiger partial charge in [0.05, 0.1) is 24.1 Å². The van der Waals surface area contributed by atoms with Gasteiger partial charge in [-0.05, 0) is 18.6 Å². The molecule has 0 heterocycles. The maximum absolute atomic E-state index is 12.3. The quantitative estimate of drug-likeness (QED) is 0.204. The summed E-state index contributed by atoms with van der Waals surface area (Å²) >= 11 is 0. The van der Waals surface area contributed by atoms with E-state index < -0.39 is 16.0 Å². The van der Waals surface area contributed by atoms with Crippen molar-refractivity contribution in [3.63, 3.8) is 0 Å². The lowest BCUT2D eigenvalue weighted by Crippen LogP contribution is -2.19. The van der Waals surface area contributed by atoms with Crippen molar-refractivity contribution in [2.75, 3.05) is 17.6 Å². The highest BCUT2D eigenvalue weighted by atomic mass is 32.2. The van der Waals surface area contributed by atoms with Gasteiger partial charge in [0.15, 0.2) is 0 Å². The summed E-state index contributed by atoms with van der Waals surface area (Å²) in [7, 11) is -2.19. The fourth-order valence-electron chi connectivity index (χ4n) is 3.57. The van der Waals surface area contributed by atoms with Gasteiger partial charge in [-0.15, -0.1) is 0 Å². The molecule has 0 aromatic heterocycles. The van der Waals surface area contributed by atoms with Gasteiger partial charge in [0.25, 0.3) is 0 Å². The molecule has 0 saturated carbocycles. The maximum atomic E-state index is 12.3. The monoisotopic (exact) mass is 439 g/mol. The summed E-state index contributed by atoms with van der Waals surface area (Å²) in [4.78, 5) is 11.8. The summed E-state index contributed by atoms with van der Waals surface area (Å²) in [5.74, 6) is -0.481. The van der Waals surface area contributed by atoms with E-state index in [0.717, 1.165) is 12.8 Å². The molecule has 0 saturated heterocycles. The molecule has 0 radical (unpaired) electrons. The summed E-state index contributed by atoms with van der Waals surface area (Å²) in [6.45, 7) is 2.25. The second kappa shape index (κ2) is 16.2. The van der Waals surface area contributed by atoms with Crippen LogP contribution in [0.2, 0.25) is 0 Å². The van der Waals surface area contributed by atoms with E-state index in [-0.39, 0.29) is 17.0 Å². The van der Waals surface area contributed by atoms with Gasteiger partial charge >= 0.3 is 5.97 Å². The van der Waals surface area contributed by atoms with Gasteiger partial charge in [0.1, 0.15) is 0 Å². The lowest BCUT2D eigenvalue weighted by Gasteiger charge is -2.11. The van der Waals surface area contributed by atoms with Crippen LogP contribution in [-0.2, 0) is 14.8 Å². The van der Waals surface area contributed by atoms with Crippen LogP contribution in [-0.4, -0.2) is 27.2 Å². The molecule has 1 aromatic rings. The van der Waals surface area contributed by atoms with Crippen molar-refractivity contribution in [1.82, 2.24) is 0 Å². The van der Waals surface area contributed by atoms with Crippen molar-refractivity contribution < 1.29 is 17.9 Å². The van der Waals surface area contributed by atoms with E-state index >= 15 is 0 Å². The third kappa shape index (κ3) is 12.2. The van der Waals surface area contributed by atoms with Crippen molar-refractivity contribution in [2.24, 2.45) is 0 Å². The van der Waals surface area contributed by atoms with Gasteiger partial charge in [0.2, 0.25) is 10.0 Å². The van der Waals surface area contributed by atoms with Crippen LogP contribution in [0, 0.1) is 0 Å². The molecule has 0 unspecified atom stereocenters. The van der Waals surface area contributed by atoms with Crippen molar-refractivity contribution in [1.29, 1.82) is 0 Å². The average molecular weight is 440 g/mol. The summed E-state index contributed by atoms with van der Waals surface area (Å²) in [5.41, 5.74) is 0.499. The molecule has 172 valence electrons. The van der Waals surface area contributed by atoms with E-state index in [0.29, 0.717) is 6.42 Å². The number of benzene rings is 1. The number of sulfonamides is 1. The molecule has 6 heteroatoms. The molecular weight excluding hydrogens is 398 g/mol. The number of ether oxygens (including phenoxy) is 1. The van der Waals surface area contributed by atoms with Gasteiger partial charge in [-0.2, -0.15) is 0 Å². The van der Waals surface area contributed by atoms with Crippen LogP contribution >= 0.6 is 0 Å². The average Bonchev–Trinajstić information content (AvgIpc) is 2.73. The summed E-state index contributed by atoms with van der Waals surface area (Å²) in [6, 6.07) is 6.50. The second-order valence-corrected chi connectivity index (χ2v) is 9.90. The molecule has 30 heavy (non-hydrogen) atoms. The third-order valence-corrected chi connectivity index (χ3v) is 6.72. The van der Waals surface area contributed by atoms with Crippen LogP contribution < -0.4 is 4.72 Å². The molecule has 0 aliphatic rings. The van der Waals surface area contributed by atoms with Gasteiger partial charge in [0, 0.05) is 0 Å². The number of rotatable bonds is 18. The highest BCUT2D eigenvalue weighted by Crippen LogP contribution is 2.18. The number of anilines is 1. The Kier molecular flexibility index (Phi) is 14.3. The highest BCUT2D eigenvalue weighted by molar-refractivity contribution is 7.92. The summed E-state index contributed by atoms with van der Waals surface area (Å²) in [5, 5.41) is 0. The standard InChI is InChI=1S/C24H41NO4S/c1-3-4-5-6-7-8-9-10-11-12-13-14-15-18-21-30(27,28)25-23-20-17-16-19-22(23)24(26)29-2/h16-17,19-20,25H,3-15,18,21H2,1-2H3. The minimum Gasteiger partial charge on any atom is -0.465 e. The van der Waals surface area contributed by atoms with Crippen LogP contribution in [0.1, 0.15) is 107 Å². The first-order valence-electron chi connectivity index (χ1n) is 11.7. The first kappa shape index (κ1) is 26.5. The zero-order valence-corrected chi connectivity index (χ0v) is 19.8. The molecule has 0 atom stereocenters. The Morgan fingerprint density at radius 3 is 1.77 bits per heavy atom. The van der Waals surface area contributed by atoms with E-state index in [9.17, 15) is 13.2 Å². The number of nitrogens with one attached hydrogen (secondary N) is 1. The van der Waals surface area contributed by atoms with E-state index in [2.05, 4.69) is 11.6 Å². The van der Waals surface area contributed by atoms with Crippen LogP contribution in [0.5, 0.6) is 0 Å². The molecule has 1 rings (SSSR count). The second-order valence-electron chi connectivity index (χ2n) is 8.05. The predicted octanol–water partition coefficient (Wildman–Crippen LogP) is 6.70. The summed E-state index contributed by atoms with van der Waals surface area (Å²) < 4.78 is 31.9. The predicted molar refractivity (Wildman–Crippen MR) is 126 cm³/mol. The molecule has 0 fully saturated rings. The van der Waals surface area contributed by atoms with Crippen LogP contribution in [0.4, 0.5) is 5.69 Å². The molecule has 0 bridgehead atoms. The number of para-hydroxylation sites is 1. The Labute approximate surface area is 184 Å². The molecule has 0 spiro atoms. The molecule has 0 aliphatic carbocycles. The van der Waals surface area contributed by atoms with Crippen molar-refractivity contribution in [3.8, 4) is 0 Å². The van der Waals surface area contributed by atoms with Crippen LogP contribution in [0.15, 0.2) is 24.3 Å². The largest absolute Gasteiger partial charge is 0.465 e. The van der Waals surface area contributed by atoms with Gasteiger partial charge in [-0.1, -0.05) is 103 Å². The summed E-state index contributed by atoms with van der Waals surface area (Å²) in [6.07, 6.45) is 17.2. The number of hydrogen-bond acceptors (Lipinski definition) is 4. The Balaban J connectivity index is 2.09. The lowest BCUT2D eigenvalue weighted by molar-refractivity contribution is 0.0602. The van der Waals surface area contributed by atoms with Crippen molar-refractivity contribution in [3.05, 3.63) is 29.8 Å². The number of carbonyl (C=O) groups is 1. The normalized spacial score (nSPS) is 11.4. The topological polar surface area (TPSA) is 72.5 Å². The Morgan fingerprint density at radius 2 is 1.27 bits per heavy atom.